The smallest absolute Gasteiger partial charge is 0.305 e. The van der Waals surface area contributed by atoms with E-state index in [0.29, 0.717) is 18.1 Å². The van der Waals surface area contributed by atoms with E-state index >= 15 is 0 Å². The van der Waals surface area contributed by atoms with Crippen LogP contribution in [0.3, 0.4) is 0 Å². The minimum absolute atomic E-state index is 0.0961. The fraction of sp³-hybridized carbons (Fsp3) is 0.875. The van der Waals surface area contributed by atoms with Crippen molar-refractivity contribution in [2.24, 2.45) is 5.92 Å². The lowest BCUT2D eigenvalue weighted by Gasteiger charge is -2.07. The predicted molar refractivity (Wildman–Crippen MR) is 75.9 cm³/mol. The zero-order valence-corrected chi connectivity index (χ0v) is 12.3. The van der Waals surface area contributed by atoms with Crippen LogP contribution in [0.5, 0.6) is 0 Å². The van der Waals surface area contributed by atoms with Crippen LogP contribution in [0.1, 0.15) is 77.0 Å². The molecule has 0 bridgehead atoms. The summed E-state index contributed by atoms with van der Waals surface area (Å²) >= 11 is 0. The molecular weight excluding hydrogens is 240 g/mol. The third-order valence-corrected chi connectivity index (χ3v) is 4.09. The second-order valence-corrected chi connectivity index (χ2v) is 5.65. The van der Waals surface area contributed by atoms with Crippen molar-refractivity contribution in [2.45, 2.75) is 77.0 Å². The van der Waals surface area contributed by atoms with Crippen molar-refractivity contribution in [3.05, 3.63) is 0 Å². The molecule has 19 heavy (non-hydrogen) atoms. The summed E-state index contributed by atoms with van der Waals surface area (Å²) in [5, 5.41) is 0. The summed E-state index contributed by atoms with van der Waals surface area (Å²) in [6.07, 6.45) is 13.0. The Bertz CT molecular complexity index is 273. The fourth-order valence-electron chi connectivity index (χ4n) is 2.84. The summed E-state index contributed by atoms with van der Waals surface area (Å²) in [5.41, 5.74) is 0. The number of rotatable bonds is 10. The molecule has 1 fully saturated rings. The molecule has 0 amide bonds. The van der Waals surface area contributed by atoms with E-state index in [2.05, 4.69) is 4.74 Å². The van der Waals surface area contributed by atoms with Gasteiger partial charge >= 0.3 is 5.97 Å². The molecule has 0 saturated heterocycles. The molecule has 0 aromatic carbocycles. The summed E-state index contributed by atoms with van der Waals surface area (Å²) in [5.74, 6) is 0.795. The molecule has 1 aliphatic carbocycles. The highest BCUT2D eigenvalue weighted by atomic mass is 16.5. The molecule has 0 radical (unpaired) electrons. The topological polar surface area (TPSA) is 43.4 Å². The van der Waals surface area contributed by atoms with Crippen LogP contribution in [-0.2, 0) is 14.3 Å². The van der Waals surface area contributed by atoms with E-state index in [0.717, 1.165) is 38.5 Å². The maximum Gasteiger partial charge on any atom is 0.305 e. The van der Waals surface area contributed by atoms with E-state index in [1.807, 2.05) is 0 Å². The average molecular weight is 268 g/mol. The average Bonchev–Trinajstić information content (AvgIpc) is 2.82. The van der Waals surface area contributed by atoms with Crippen LogP contribution in [0.15, 0.2) is 0 Å². The van der Waals surface area contributed by atoms with Gasteiger partial charge in [0, 0.05) is 18.8 Å². The van der Waals surface area contributed by atoms with Crippen LogP contribution in [0.2, 0.25) is 0 Å². The van der Waals surface area contributed by atoms with Gasteiger partial charge in [0.1, 0.15) is 5.78 Å². The van der Waals surface area contributed by atoms with Crippen molar-refractivity contribution < 1.29 is 14.3 Å². The van der Waals surface area contributed by atoms with Gasteiger partial charge in [-0.25, -0.2) is 0 Å². The molecule has 1 saturated carbocycles. The second kappa shape index (κ2) is 9.99. The van der Waals surface area contributed by atoms with Gasteiger partial charge in [-0.2, -0.15) is 0 Å². The Kier molecular flexibility index (Phi) is 8.52. The molecule has 0 spiro atoms. The maximum absolute atomic E-state index is 11.5. The quantitative estimate of drug-likeness (QED) is 0.443. The van der Waals surface area contributed by atoms with Gasteiger partial charge in [0.25, 0.3) is 0 Å². The van der Waals surface area contributed by atoms with E-state index in [9.17, 15) is 9.59 Å². The predicted octanol–water partition coefficient (Wildman–Crippen LogP) is 4.04. The largest absolute Gasteiger partial charge is 0.469 e. The molecule has 3 heteroatoms. The number of unbranched alkanes of at least 4 members (excludes halogenated alkanes) is 6. The number of methoxy groups -OCH3 is 1. The number of carbonyl (C=O) groups is 2. The van der Waals surface area contributed by atoms with Gasteiger partial charge in [-0.05, 0) is 25.7 Å². The molecule has 110 valence electrons. The van der Waals surface area contributed by atoms with Gasteiger partial charge in [0.2, 0.25) is 0 Å². The Hall–Kier alpha value is -0.860. The monoisotopic (exact) mass is 268 g/mol. The Labute approximate surface area is 117 Å². The van der Waals surface area contributed by atoms with Crippen molar-refractivity contribution in [3.63, 3.8) is 0 Å². The number of ether oxygens (including phenoxy) is 1. The zero-order chi connectivity index (χ0) is 13.9. The maximum atomic E-state index is 11.5. The SMILES string of the molecule is COC(=O)CCCCCCCCCC1CCCC1=O. The summed E-state index contributed by atoms with van der Waals surface area (Å²) in [6, 6.07) is 0. The zero-order valence-electron chi connectivity index (χ0n) is 12.3. The third kappa shape index (κ3) is 7.34. The Morgan fingerprint density at radius 3 is 2.32 bits per heavy atom. The fourth-order valence-corrected chi connectivity index (χ4v) is 2.84. The first kappa shape index (κ1) is 16.2. The third-order valence-electron chi connectivity index (χ3n) is 4.09. The number of hydrogen-bond donors (Lipinski definition) is 0. The van der Waals surface area contributed by atoms with Crippen LogP contribution in [0, 0.1) is 5.92 Å². The van der Waals surface area contributed by atoms with Gasteiger partial charge in [-0.1, -0.05) is 38.5 Å². The Balaban J connectivity index is 1.81. The Morgan fingerprint density at radius 1 is 1.11 bits per heavy atom. The first-order valence-corrected chi connectivity index (χ1v) is 7.83. The first-order chi connectivity index (χ1) is 9.24. The summed E-state index contributed by atoms with van der Waals surface area (Å²) in [7, 11) is 1.44. The van der Waals surface area contributed by atoms with Gasteiger partial charge in [-0.3, -0.25) is 9.59 Å². The van der Waals surface area contributed by atoms with E-state index in [4.69, 9.17) is 0 Å². The molecule has 0 N–H and O–H groups in total. The molecule has 1 atom stereocenters. The van der Waals surface area contributed by atoms with Crippen LogP contribution in [0.4, 0.5) is 0 Å². The summed E-state index contributed by atoms with van der Waals surface area (Å²) < 4.78 is 4.60. The minimum atomic E-state index is -0.0961. The molecule has 0 aromatic heterocycles. The molecule has 0 aliphatic heterocycles. The van der Waals surface area contributed by atoms with Crippen molar-refractivity contribution in [1.82, 2.24) is 0 Å². The normalized spacial score (nSPS) is 18.8. The number of carbonyl (C=O) groups excluding carboxylic acids is 2. The van der Waals surface area contributed by atoms with Crippen LogP contribution < -0.4 is 0 Å². The minimum Gasteiger partial charge on any atom is -0.469 e. The highest BCUT2D eigenvalue weighted by Gasteiger charge is 2.23. The van der Waals surface area contributed by atoms with Gasteiger partial charge in [0.05, 0.1) is 7.11 Å². The standard InChI is InChI=1S/C16H28O3/c1-19-16(18)13-8-6-4-2-3-5-7-10-14-11-9-12-15(14)17/h14H,2-13H2,1H3. The van der Waals surface area contributed by atoms with Crippen molar-refractivity contribution in [2.75, 3.05) is 7.11 Å². The Morgan fingerprint density at radius 2 is 1.74 bits per heavy atom. The van der Waals surface area contributed by atoms with Crippen molar-refractivity contribution in [3.8, 4) is 0 Å². The highest BCUT2D eigenvalue weighted by Crippen LogP contribution is 2.26. The highest BCUT2D eigenvalue weighted by molar-refractivity contribution is 5.82. The summed E-state index contributed by atoms with van der Waals surface area (Å²) in [4.78, 5) is 22.3. The van der Waals surface area contributed by atoms with Gasteiger partial charge in [0.15, 0.2) is 0 Å². The lowest BCUT2D eigenvalue weighted by molar-refractivity contribution is -0.140. The second-order valence-electron chi connectivity index (χ2n) is 5.65. The molecule has 1 rings (SSSR count). The van der Waals surface area contributed by atoms with Gasteiger partial charge < -0.3 is 4.74 Å². The molecular formula is C16H28O3. The summed E-state index contributed by atoms with van der Waals surface area (Å²) in [6.45, 7) is 0. The molecule has 3 nitrogen and oxygen atoms in total. The molecule has 0 aromatic rings. The van der Waals surface area contributed by atoms with Crippen LogP contribution in [-0.4, -0.2) is 18.9 Å². The molecule has 0 heterocycles. The number of ketones is 1. The van der Waals surface area contributed by atoms with E-state index in [1.54, 1.807) is 0 Å². The van der Waals surface area contributed by atoms with E-state index in [1.165, 1.54) is 39.2 Å². The lowest BCUT2D eigenvalue weighted by atomic mass is 9.98. The van der Waals surface area contributed by atoms with E-state index < -0.39 is 0 Å². The van der Waals surface area contributed by atoms with Crippen LogP contribution >= 0.6 is 0 Å². The number of Topliss-reactive ketones (excluding diaryl/α,β-unsaturated/α-hetero) is 1. The van der Waals surface area contributed by atoms with Crippen LogP contribution in [0.25, 0.3) is 0 Å². The first-order valence-electron chi connectivity index (χ1n) is 7.83. The van der Waals surface area contributed by atoms with Crippen molar-refractivity contribution in [1.29, 1.82) is 0 Å². The molecule has 1 unspecified atom stereocenters. The molecule has 1 aliphatic rings. The van der Waals surface area contributed by atoms with Gasteiger partial charge in [-0.15, -0.1) is 0 Å². The van der Waals surface area contributed by atoms with E-state index in [-0.39, 0.29) is 5.97 Å². The number of esters is 1. The lowest BCUT2D eigenvalue weighted by Crippen LogP contribution is -2.05. The van der Waals surface area contributed by atoms with Crippen molar-refractivity contribution >= 4 is 11.8 Å². The number of hydrogen-bond acceptors (Lipinski definition) is 3.